The van der Waals surface area contributed by atoms with Gasteiger partial charge in [0, 0.05) is 24.8 Å². The lowest BCUT2D eigenvalue weighted by Gasteiger charge is -2.05. The van der Waals surface area contributed by atoms with Crippen molar-refractivity contribution >= 4 is 11.1 Å². The van der Waals surface area contributed by atoms with E-state index in [2.05, 4.69) is 46.4 Å². The standard InChI is InChI=1S/C18H14N2/c1-5-19-6-2-13(1)15-9-17-11-16(12-18(17)10-15)14-3-7-20-8-4-14/h1-9,12H,10-11H2. The monoisotopic (exact) mass is 258 g/mol. The van der Waals surface area contributed by atoms with Gasteiger partial charge < -0.3 is 0 Å². The van der Waals surface area contributed by atoms with Gasteiger partial charge in [0.05, 0.1) is 0 Å². The number of aromatic nitrogens is 2. The van der Waals surface area contributed by atoms with E-state index in [9.17, 15) is 0 Å². The number of allylic oxidation sites excluding steroid dienone is 6. The zero-order valence-corrected chi connectivity index (χ0v) is 11.1. The normalized spacial score (nSPS) is 17.0. The molecule has 2 heteroatoms. The minimum absolute atomic E-state index is 1.04. The Morgan fingerprint density at radius 2 is 1.00 bits per heavy atom. The second-order valence-corrected chi connectivity index (χ2v) is 5.21. The number of rotatable bonds is 2. The molecular weight excluding hydrogens is 244 g/mol. The summed E-state index contributed by atoms with van der Waals surface area (Å²) in [5, 5.41) is 0. The van der Waals surface area contributed by atoms with Gasteiger partial charge in [0.1, 0.15) is 0 Å². The van der Waals surface area contributed by atoms with Crippen LogP contribution in [-0.2, 0) is 0 Å². The lowest BCUT2D eigenvalue weighted by atomic mass is 10.0. The predicted octanol–water partition coefficient (Wildman–Crippen LogP) is 4.05. The van der Waals surface area contributed by atoms with Gasteiger partial charge in [-0.1, -0.05) is 12.2 Å². The van der Waals surface area contributed by atoms with Crippen molar-refractivity contribution in [2.75, 3.05) is 0 Å². The molecule has 2 nitrogen and oxygen atoms in total. The predicted molar refractivity (Wildman–Crippen MR) is 80.7 cm³/mol. The summed E-state index contributed by atoms with van der Waals surface area (Å²) in [5.41, 5.74) is 8.30. The maximum Gasteiger partial charge on any atom is 0.0273 e. The van der Waals surface area contributed by atoms with E-state index in [0.717, 1.165) is 12.8 Å². The molecule has 2 aliphatic rings. The van der Waals surface area contributed by atoms with Gasteiger partial charge in [0.2, 0.25) is 0 Å². The van der Waals surface area contributed by atoms with Gasteiger partial charge in [-0.15, -0.1) is 0 Å². The molecule has 0 saturated heterocycles. The van der Waals surface area contributed by atoms with Crippen LogP contribution in [0.15, 0.2) is 72.4 Å². The first-order valence-corrected chi connectivity index (χ1v) is 6.84. The molecule has 0 unspecified atom stereocenters. The van der Waals surface area contributed by atoms with Crippen molar-refractivity contribution in [1.82, 2.24) is 9.97 Å². The number of pyridine rings is 2. The molecule has 0 atom stereocenters. The Balaban J connectivity index is 1.57. The Hall–Kier alpha value is -2.48. The smallest absolute Gasteiger partial charge is 0.0273 e. The topological polar surface area (TPSA) is 25.8 Å². The van der Waals surface area contributed by atoms with Gasteiger partial charge in [-0.05, 0) is 70.5 Å². The van der Waals surface area contributed by atoms with Crippen LogP contribution in [0.4, 0.5) is 0 Å². The van der Waals surface area contributed by atoms with Crippen LogP contribution in [0.2, 0.25) is 0 Å². The average Bonchev–Trinajstić information content (AvgIpc) is 3.08. The number of nitrogens with zero attached hydrogens (tertiary/aromatic N) is 2. The van der Waals surface area contributed by atoms with Gasteiger partial charge in [0.25, 0.3) is 0 Å². The molecule has 0 radical (unpaired) electrons. The maximum absolute atomic E-state index is 4.08. The van der Waals surface area contributed by atoms with Crippen LogP contribution >= 0.6 is 0 Å². The Kier molecular flexibility index (Phi) is 2.59. The molecule has 0 bridgehead atoms. The van der Waals surface area contributed by atoms with Gasteiger partial charge in [0.15, 0.2) is 0 Å². The molecule has 0 aliphatic heterocycles. The fourth-order valence-corrected chi connectivity index (χ4v) is 2.95. The van der Waals surface area contributed by atoms with E-state index in [1.807, 2.05) is 24.8 Å². The van der Waals surface area contributed by atoms with Gasteiger partial charge in [-0.3, -0.25) is 9.97 Å². The van der Waals surface area contributed by atoms with Crippen molar-refractivity contribution in [1.29, 1.82) is 0 Å². The first-order chi connectivity index (χ1) is 9.90. The van der Waals surface area contributed by atoms with E-state index in [1.54, 1.807) is 0 Å². The van der Waals surface area contributed by atoms with Crippen LogP contribution in [0.1, 0.15) is 24.0 Å². The Morgan fingerprint density at radius 3 is 1.40 bits per heavy atom. The molecule has 0 fully saturated rings. The summed E-state index contributed by atoms with van der Waals surface area (Å²) < 4.78 is 0. The maximum atomic E-state index is 4.08. The van der Waals surface area contributed by atoms with E-state index >= 15 is 0 Å². The highest BCUT2D eigenvalue weighted by molar-refractivity contribution is 5.84. The second kappa shape index (κ2) is 4.57. The summed E-state index contributed by atoms with van der Waals surface area (Å²) in [7, 11) is 0. The summed E-state index contributed by atoms with van der Waals surface area (Å²) in [6.07, 6.45) is 14.2. The van der Waals surface area contributed by atoms with Gasteiger partial charge in [-0.25, -0.2) is 0 Å². The molecule has 20 heavy (non-hydrogen) atoms. The third-order valence-corrected chi connectivity index (χ3v) is 3.97. The van der Waals surface area contributed by atoms with E-state index < -0.39 is 0 Å². The quantitative estimate of drug-likeness (QED) is 0.812. The van der Waals surface area contributed by atoms with Crippen LogP contribution in [0, 0.1) is 0 Å². The third-order valence-electron chi connectivity index (χ3n) is 3.97. The van der Waals surface area contributed by atoms with Crippen LogP contribution in [0.25, 0.3) is 11.1 Å². The summed E-state index contributed by atoms with van der Waals surface area (Å²) in [6, 6.07) is 8.34. The first kappa shape index (κ1) is 11.4. The fourth-order valence-electron chi connectivity index (χ4n) is 2.95. The zero-order chi connectivity index (χ0) is 13.4. The van der Waals surface area contributed by atoms with E-state index in [4.69, 9.17) is 0 Å². The number of hydrogen-bond acceptors (Lipinski definition) is 2. The highest BCUT2D eigenvalue weighted by atomic mass is 14.6. The molecule has 0 spiro atoms. The number of hydrogen-bond donors (Lipinski definition) is 0. The Morgan fingerprint density at radius 1 is 0.600 bits per heavy atom. The second-order valence-electron chi connectivity index (χ2n) is 5.21. The molecule has 0 saturated carbocycles. The van der Waals surface area contributed by atoms with Crippen molar-refractivity contribution in [3.8, 4) is 0 Å². The summed E-state index contributed by atoms with van der Waals surface area (Å²) in [4.78, 5) is 8.16. The Bertz CT molecular complexity index is 672. The average molecular weight is 258 g/mol. The molecule has 2 aromatic heterocycles. The Labute approximate surface area is 118 Å². The summed E-state index contributed by atoms with van der Waals surface area (Å²) in [5.74, 6) is 0. The molecule has 0 aromatic carbocycles. The minimum atomic E-state index is 1.04. The lowest BCUT2D eigenvalue weighted by molar-refractivity contribution is 1.28. The van der Waals surface area contributed by atoms with Gasteiger partial charge >= 0.3 is 0 Å². The van der Waals surface area contributed by atoms with Crippen LogP contribution in [-0.4, -0.2) is 9.97 Å². The van der Waals surface area contributed by atoms with Gasteiger partial charge in [-0.2, -0.15) is 0 Å². The van der Waals surface area contributed by atoms with Crippen LogP contribution in [0.3, 0.4) is 0 Å². The fraction of sp³-hybridized carbons (Fsp3) is 0.111. The molecule has 2 heterocycles. The van der Waals surface area contributed by atoms with E-state index in [-0.39, 0.29) is 0 Å². The summed E-state index contributed by atoms with van der Waals surface area (Å²) >= 11 is 0. The van der Waals surface area contributed by atoms with Crippen molar-refractivity contribution < 1.29 is 0 Å². The molecule has 0 amide bonds. The van der Waals surface area contributed by atoms with Crippen LogP contribution < -0.4 is 0 Å². The molecule has 2 aromatic rings. The molecule has 96 valence electrons. The van der Waals surface area contributed by atoms with Crippen molar-refractivity contribution in [3.63, 3.8) is 0 Å². The summed E-state index contributed by atoms with van der Waals surface area (Å²) in [6.45, 7) is 0. The zero-order valence-electron chi connectivity index (χ0n) is 11.1. The SMILES string of the molecule is C1=C(c2ccncc2)CC2=C1CC(c1ccncc1)=C2. The van der Waals surface area contributed by atoms with Crippen LogP contribution in [0.5, 0.6) is 0 Å². The molecule has 4 rings (SSSR count). The van der Waals surface area contributed by atoms with E-state index in [0.29, 0.717) is 0 Å². The third kappa shape index (κ3) is 1.90. The highest BCUT2D eigenvalue weighted by Gasteiger charge is 2.22. The van der Waals surface area contributed by atoms with Crippen molar-refractivity contribution in [2.24, 2.45) is 0 Å². The minimum Gasteiger partial charge on any atom is -0.265 e. The van der Waals surface area contributed by atoms with Crippen molar-refractivity contribution in [3.05, 3.63) is 83.5 Å². The largest absolute Gasteiger partial charge is 0.265 e. The van der Waals surface area contributed by atoms with E-state index in [1.165, 1.54) is 33.4 Å². The van der Waals surface area contributed by atoms with Crippen molar-refractivity contribution in [2.45, 2.75) is 12.8 Å². The highest BCUT2D eigenvalue weighted by Crippen LogP contribution is 2.42. The molecule has 0 N–H and O–H groups in total. The molecular formula is C18H14N2. The molecule has 2 aliphatic carbocycles. The first-order valence-electron chi connectivity index (χ1n) is 6.84. The lowest BCUT2D eigenvalue weighted by Crippen LogP contribution is -1.85.